The minimum atomic E-state index is -0.654. The topological polar surface area (TPSA) is 72.2 Å². The minimum Gasteiger partial charge on any atom is -0.348 e. The van der Waals surface area contributed by atoms with Crippen molar-refractivity contribution in [3.05, 3.63) is 74.5 Å². The maximum absolute atomic E-state index is 12.7. The summed E-state index contributed by atoms with van der Waals surface area (Å²) >= 11 is 5.67. The standard InChI is InChI=1S/C14H10ClFN2O3/c15-12-6-3-10(7-13(12)18(20)21)14(19)17-8-9-1-4-11(16)5-2-9/h1-7H,8H2,(H,17,19). The predicted molar refractivity (Wildman–Crippen MR) is 75.7 cm³/mol. The molecule has 5 nitrogen and oxygen atoms in total. The molecule has 2 aromatic rings. The Kier molecular flexibility index (Phi) is 4.49. The lowest BCUT2D eigenvalue weighted by Crippen LogP contribution is -2.22. The van der Waals surface area contributed by atoms with Gasteiger partial charge in [-0.1, -0.05) is 23.7 Å². The van der Waals surface area contributed by atoms with E-state index in [4.69, 9.17) is 11.6 Å². The van der Waals surface area contributed by atoms with Crippen molar-refractivity contribution in [2.24, 2.45) is 0 Å². The second-order valence-corrected chi connectivity index (χ2v) is 4.64. The normalized spacial score (nSPS) is 10.2. The molecule has 108 valence electrons. The quantitative estimate of drug-likeness (QED) is 0.695. The highest BCUT2D eigenvalue weighted by atomic mass is 35.5. The van der Waals surface area contributed by atoms with Crippen LogP contribution in [0.15, 0.2) is 42.5 Å². The van der Waals surface area contributed by atoms with Gasteiger partial charge in [0.05, 0.1) is 4.92 Å². The lowest BCUT2D eigenvalue weighted by atomic mass is 10.1. The third-order valence-electron chi connectivity index (χ3n) is 2.77. The van der Waals surface area contributed by atoms with Crippen LogP contribution < -0.4 is 5.32 Å². The number of nitro groups is 1. The number of amides is 1. The lowest BCUT2D eigenvalue weighted by Gasteiger charge is -2.06. The van der Waals surface area contributed by atoms with Gasteiger partial charge in [-0.15, -0.1) is 0 Å². The third kappa shape index (κ3) is 3.76. The van der Waals surface area contributed by atoms with E-state index in [2.05, 4.69) is 5.32 Å². The van der Waals surface area contributed by atoms with E-state index in [1.807, 2.05) is 0 Å². The Morgan fingerprint density at radius 1 is 1.24 bits per heavy atom. The first-order valence-corrected chi connectivity index (χ1v) is 6.32. The molecule has 0 heterocycles. The Labute approximate surface area is 124 Å². The van der Waals surface area contributed by atoms with Crippen LogP contribution in [-0.4, -0.2) is 10.8 Å². The van der Waals surface area contributed by atoms with Gasteiger partial charge in [-0.25, -0.2) is 4.39 Å². The molecule has 0 aromatic heterocycles. The van der Waals surface area contributed by atoms with Gasteiger partial charge in [-0.2, -0.15) is 0 Å². The van der Waals surface area contributed by atoms with Crippen molar-refractivity contribution in [2.45, 2.75) is 6.54 Å². The van der Waals surface area contributed by atoms with Crippen LogP contribution in [0.5, 0.6) is 0 Å². The molecule has 0 radical (unpaired) electrons. The van der Waals surface area contributed by atoms with Gasteiger partial charge >= 0.3 is 0 Å². The van der Waals surface area contributed by atoms with E-state index in [1.54, 1.807) is 12.1 Å². The van der Waals surface area contributed by atoms with Crippen molar-refractivity contribution in [3.63, 3.8) is 0 Å². The fourth-order valence-corrected chi connectivity index (χ4v) is 1.87. The summed E-state index contributed by atoms with van der Waals surface area (Å²) in [6, 6.07) is 9.47. The van der Waals surface area contributed by atoms with E-state index in [9.17, 15) is 19.3 Å². The zero-order valence-corrected chi connectivity index (χ0v) is 11.4. The Morgan fingerprint density at radius 3 is 2.52 bits per heavy atom. The molecule has 1 amide bonds. The molecule has 0 aliphatic rings. The second-order valence-electron chi connectivity index (χ2n) is 4.23. The molecule has 7 heteroatoms. The molecule has 2 rings (SSSR count). The average molecular weight is 309 g/mol. The van der Waals surface area contributed by atoms with Crippen LogP contribution in [0.3, 0.4) is 0 Å². The first-order chi connectivity index (χ1) is 9.97. The van der Waals surface area contributed by atoms with Crippen molar-refractivity contribution in [1.82, 2.24) is 5.32 Å². The van der Waals surface area contributed by atoms with E-state index in [0.29, 0.717) is 5.56 Å². The molecule has 0 saturated carbocycles. The van der Waals surface area contributed by atoms with Crippen molar-refractivity contribution in [3.8, 4) is 0 Å². The van der Waals surface area contributed by atoms with Crippen LogP contribution in [0, 0.1) is 15.9 Å². The van der Waals surface area contributed by atoms with Gasteiger partial charge in [0.1, 0.15) is 10.8 Å². The molecule has 0 unspecified atom stereocenters. The number of hydrogen-bond acceptors (Lipinski definition) is 3. The van der Waals surface area contributed by atoms with Crippen LogP contribution >= 0.6 is 11.6 Å². The highest BCUT2D eigenvalue weighted by molar-refractivity contribution is 6.32. The van der Waals surface area contributed by atoms with Crippen molar-refractivity contribution >= 4 is 23.2 Å². The molecule has 0 fully saturated rings. The van der Waals surface area contributed by atoms with E-state index in [1.165, 1.54) is 24.3 Å². The number of carbonyl (C=O) groups is 1. The highest BCUT2D eigenvalue weighted by Gasteiger charge is 2.16. The number of hydrogen-bond donors (Lipinski definition) is 1. The van der Waals surface area contributed by atoms with Crippen LogP contribution in [0.25, 0.3) is 0 Å². The molecule has 0 bridgehead atoms. The van der Waals surface area contributed by atoms with Crippen molar-refractivity contribution in [2.75, 3.05) is 0 Å². The van der Waals surface area contributed by atoms with Crippen LogP contribution in [-0.2, 0) is 6.54 Å². The maximum Gasteiger partial charge on any atom is 0.288 e. The van der Waals surface area contributed by atoms with Crippen molar-refractivity contribution < 1.29 is 14.1 Å². The SMILES string of the molecule is O=C(NCc1ccc(F)cc1)c1ccc(Cl)c([N+](=O)[O-])c1. The Bertz CT molecular complexity index is 689. The number of benzene rings is 2. The van der Waals surface area contributed by atoms with E-state index in [-0.39, 0.29) is 28.6 Å². The monoisotopic (exact) mass is 308 g/mol. The van der Waals surface area contributed by atoms with Gasteiger partial charge in [0, 0.05) is 18.2 Å². The molecule has 0 aliphatic heterocycles. The molecule has 2 aromatic carbocycles. The average Bonchev–Trinajstić information content (AvgIpc) is 2.46. The van der Waals surface area contributed by atoms with E-state index < -0.39 is 10.8 Å². The molecular formula is C14H10ClFN2O3. The summed E-state index contributed by atoms with van der Waals surface area (Å²) in [6.45, 7) is 0.190. The predicted octanol–water partition coefficient (Wildman–Crippen LogP) is 3.32. The summed E-state index contributed by atoms with van der Waals surface area (Å²) in [5.74, 6) is -0.836. The first-order valence-electron chi connectivity index (χ1n) is 5.94. The second kappa shape index (κ2) is 6.32. The molecule has 1 N–H and O–H groups in total. The summed E-state index contributed by atoms with van der Waals surface area (Å²) < 4.78 is 12.7. The summed E-state index contributed by atoms with van der Waals surface area (Å²) in [7, 11) is 0. The number of nitro benzene ring substituents is 1. The third-order valence-corrected chi connectivity index (χ3v) is 3.09. The molecule has 21 heavy (non-hydrogen) atoms. The fraction of sp³-hybridized carbons (Fsp3) is 0.0714. The Balaban J connectivity index is 2.08. The minimum absolute atomic E-state index is 0.0323. The van der Waals surface area contributed by atoms with Gasteiger partial charge in [0.2, 0.25) is 0 Å². The van der Waals surface area contributed by atoms with Crippen molar-refractivity contribution in [1.29, 1.82) is 0 Å². The number of halogens is 2. The number of nitrogens with zero attached hydrogens (tertiary/aromatic N) is 1. The summed E-state index contributed by atoms with van der Waals surface area (Å²) in [5.41, 5.74) is 0.521. The smallest absolute Gasteiger partial charge is 0.288 e. The molecule has 0 aliphatic carbocycles. The van der Waals surface area contributed by atoms with Gasteiger partial charge < -0.3 is 5.32 Å². The van der Waals surface area contributed by atoms with Gasteiger partial charge in [-0.3, -0.25) is 14.9 Å². The van der Waals surface area contributed by atoms with Crippen LogP contribution in [0.2, 0.25) is 5.02 Å². The van der Waals surface area contributed by atoms with E-state index >= 15 is 0 Å². The van der Waals surface area contributed by atoms with Gasteiger partial charge in [0.25, 0.3) is 11.6 Å². The molecular weight excluding hydrogens is 299 g/mol. The summed E-state index contributed by atoms with van der Waals surface area (Å²) in [5, 5.41) is 13.3. The number of nitrogens with one attached hydrogen (secondary N) is 1. The molecule has 0 atom stereocenters. The zero-order valence-electron chi connectivity index (χ0n) is 10.7. The summed E-state index contributed by atoms with van der Waals surface area (Å²) in [4.78, 5) is 22.0. The van der Waals surface area contributed by atoms with Gasteiger partial charge in [0.15, 0.2) is 0 Å². The summed E-state index contributed by atoms with van der Waals surface area (Å²) in [6.07, 6.45) is 0. The number of rotatable bonds is 4. The maximum atomic E-state index is 12.7. The van der Waals surface area contributed by atoms with Crippen LogP contribution in [0.4, 0.5) is 10.1 Å². The van der Waals surface area contributed by atoms with E-state index in [0.717, 1.165) is 6.07 Å². The largest absolute Gasteiger partial charge is 0.348 e. The van der Waals surface area contributed by atoms with Crippen LogP contribution in [0.1, 0.15) is 15.9 Å². The first kappa shape index (κ1) is 14.9. The Morgan fingerprint density at radius 2 is 1.90 bits per heavy atom. The highest BCUT2D eigenvalue weighted by Crippen LogP contribution is 2.25. The zero-order chi connectivity index (χ0) is 15.4. The van der Waals surface area contributed by atoms with Gasteiger partial charge in [-0.05, 0) is 29.8 Å². The Hall–Kier alpha value is -2.47. The molecule has 0 saturated heterocycles. The fourth-order valence-electron chi connectivity index (χ4n) is 1.68. The number of carbonyl (C=O) groups excluding carboxylic acids is 1. The lowest BCUT2D eigenvalue weighted by molar-refractivity contribution is -0.384. The molecule has 0 spiro atoms.